The third-order valence-corrected chi connectivity index (χ3v) is 4.67. The van der Waals surface area contributed by atoms with Crippen LogP contribution in [-0.2, 0) is 9.53 Å². The average Bonchev–Trinajstić information content (AvgIpc) is 2.61. The SMILES string of the molecule is CN(/C=C(/C#N)C(=O)NCCN1CCOCC1)C1CCCCC1. The molecule has 0 radical (unpaired) electrons. The molecule has 2 aliphatic rings. The van der Waals surface area contributed by atoms with Crippen molar-refractivity contribution in [2.45, 2.75) is 38.1 Å². The fourth-order valence-corrected chi connectivity index (χ4v) is 3.18. The molecule has 1 saturated carbocycles. The zero-order valence-electron chi connectivity index (χ0n) is 14.1. The lowest BCUT2D eigenvalue weighted by atomic mass is 9.94. The Morgan fingerprint density at radius 3 is 2.70 bits per heavy atom. The van der Waals surface area contributed by atoms with Crippen LogP contribution >= 0.6 is 0 Å². The summed E-state index contributed by atoms with van der Waals surface area (Å²) >= 11 is 0. The summed E-state index contributed by atoms with van der Waals surface area (Å²) in [5, 5.41) is 12.1. The van der Waals surface area contributed by atoms with Crippen molar-refractivity contribution in [2.75, 3.05) is 46.4 Å². The van der Waals surface area contributed by atoms with Crippen molar-refractivity contribution < 1.29 is 9.53 Å². The van der Waals surface area contributed by atoms with Gasteiger partial charge in [-0.2, -0.15) is 5.26 Å². The van der Waals surface area contributed by atoms with E-state index in [2.05, 4.69) is 10.2 Å². The highest BCUT2D eigenvalue weighted by molar-refractivity contribution is 5.97. The Hall–Kier alpha value is -1.58. The van der Waals surface area contributed by atoms with E-state index in [4.69, 9.17) is 4.74 Å². The lowest BCUT2D eigenvalue weighted by Crippen LogP contribution is -2.41. The molecule has 0 atom stereocenters. The number of nitrogens with zero attached hydrogens (tertiary/aromatic N) is 3. The third-order valence-electron chi connectivity index (χ3n) is 4.67. The summed E-state index contributed by atoms with van der Waals surface area (Å²) in [7, 11) is 1.97. The van der Waals surface area contributed by atoms with E-state index in [-0.39, 0.29) is 11.5 Å². The zero-order chi connectivity index (χ0) is 16.5. The molecule has 1 saturated heterocycles. The Morgan fingerprint density at radius 1 is 1.35 bits per heavy atom. The second-order valence-electron chi connectivity index (χ2n) is 6.32. The number of carbonyl (C=O) groups is 1. The number of ether oxygens (including phenoxy) is 1. The first kappa shape index (κ1) is 17.8. The van der Waals surface area contributed by atoms with E-state index < -0.39 is 0 Å². The Morgan fingerprint density at radius 2 is 2.04 bits per heavy atom. The molecule has 1 N–H and O–H groups in total. The number of nitriles is 1. The van der Waals surface area contributed by atoms with Crippen LogP contribution in [0.25, 0.3) is 0 Å². The van der Waals surface area contributed by atoms with Gasteiger partial charge in [-0.15, -0.1) is 0 Å². The maximum atomic E-state index is 12.2. The smallest absolute Gasteiger partial charge is 0.263 e. The van der Waals surface area contributed by atoms with Crippen LogP contribution in [0.2, 0.25) is 0 Å². The van der Waals surface area contributed by atoms with E-state index in [0.717, 1.165) is 45.7 Å². The highest BCUT2D eigenvalue weighted by Gasteiger charge is 2.18. The van der Waals surface area contributed by atoms with Crippen LogP contribution in [-0.4, -0.2) is 68.2 Å². The number of rotatable bonds is 6. The molecular formula is C17H28N4O2. The first-order valence-corrected chi connectivity index (χ1v) is 8.63. The Labute approximate surface area is 139 Å². The van der Waals surface area contributed by atoms with Gasteiger partial charge in [0.05, 0.1) is 13.2 Å². The van der Waals surface area contributed by atoms with Gasteiger partial charge in [-0.3, -0.25) is 9.69 Å². The topological polar surface area (TPSA) is 68.6 Å². The molecular weight excluding hydrogens is 292 g/mol. The van der Waals surface area contributed by atoms with Crippen molar-refractivity contribution in [1.82, 2.24) is 15.1 Å². The molecule has 0 bridgehead atoms. The molecule has 128 valence electrons. The van der Waals surface area contributed by atoms with E-state index in [1.54, 1.807) is 6.20 Å². The van der Waals surface area contributed by atoms with Gasteiger partial charge in [0, 0.05) is 45.5 Å². The normalized spacial score (nSPS) is 20.8. The van der Waals surface area contributed by atoms with E-state index in [0.29, 0.717) is 12.6 Å². The van der Waals surface area contributed by atoms with Crippen LogP contribution in [0.5, 0.6) is 0 Å². The number of morpholine rings is 1. The summed E-state index contributed by atoms with van der Waals surface area (Å²) < 4.78 is 5.30. The van der Waals surface area contributed by atoms with E-state index in [1.165, 1.54) is 19.3 Å². The molecule has 0 aromatic heterocycles. The molecule has 1 aliphatic carbocycles. The zero-order valence-corrected chi connectivity index (χ0v) is 14.1. The Bertz CT molecular complexity index is 446. The van der Waals surface area contributed by atoms with E-state index in [1.807, 2.05) is 18.0 Å². The van der Waals surface area contributed by atoms with E-state index in [9.17, 15) is 10.1 Å². The Kier molecular flexibility index (Phi) is 7.37. The van der Waals surface area contributed by atoms with Gasteiger partial charge in [0.1, 0.15) is 11.6 Å². The van der Waals surface area contributed by atoms with Crippen molar-refractivity contribution in [2.24, 2.45) is 0 Å². The maximum absolute atomic E-state index is 12.2. The summed E-state index contributed by atoms with van der Waals surface area (Å²) in [5.41, 5.74) is 0.194. The molecule has 0 aromatic rings. The molecule has 6 nitrogen and oxygen atoms in total. The highest BCUT2D eigenvalue weighted by Crippen LogP contribution is 2.22. The molecule has 0 aromatic carbocycles. The lowest BCUT2D eigenvalue weighted by Gasteiger charge is -2.30. The van der Waals surface area contributed by atoms with Crippen LogP contribution in [0.3, 0.4) is 0 Å². The van der Waals surface area contributed by atoms with Crippen molar-refractivity contribution in [1.29, 1.82) is 5.26 Å². The standard InChI is InChI=1S/C17H28N4O2/c1-20(16-5-3-2-4-6-16)14-15(13-18)17(22)19-7-8-21-9-11-23-12-10-21/h14,16H,2-12H2,1H3,(H,19,22)/b15-14-. The van der Waals surface area contributed by atoms with Crippen LogP contribution in [0.15, 0.2) is 11.8 Å². The number of amides is 1. The van der Waals surface area contributed by atoms with Crippen LogP contribution in [0.1, 0.15) is 32.1 Å². The first-order valence-electron chi connectivity index (χ1n) is 8.63. The minimum Gasteiger partial charge on any atom is -0.379 e. The van der Waals surface area contributed by atoms with Gasteiger partial charge in [-0.25, -0.2) is 0 Å². The molecule has 1 aliphatic heterocycles. The molecule has 6 heteroatoms. The minimum atomic E-state index is -0.275. The quantitative estimate of drug-likeness (QED) is 0.586. The summed E-state index contributed by atoms with van der Waals surface area (Å²) in [4.78, 5) is 16.5. The molecule has 23 heavy (non-hydrogen) atoms. The van der Waals surface area contributed by atoms with Crippen molar-refractivity contribution >= 4 is 5.91 Å². The van der Waals surface area contributed by atoms with Gasteiger partial charge < -0.3 is 15.0 Å². The second kappa shape index (κ2) is 9.53. The van der Waals surface area contributed by atoms with Crippen LogP contribution in [0.4, 0.5) is 0 Å². The monoisotopic (exact) mass is 320 g/mol. The molecule has 2 rings (SSSR count). The second-order valence-corrected chi connectivity index (χ2v) is 6.32. The molecule has 1 heterocycles. The fraction of sp³-hybridized carbons (Fsp3) is 0.765. The van der Waals surface area contributed by atoms with Gasteiger partial charge >= 0.3 is 0 Å². The molecule has 2 fully saturated rings. The average molecular weight is 320 g/mol. The van der Waals surface area contributed by atoms with Crippen LogP contribution in [0, 0.1) is 11.3 Å². The van der Waals surface area contributed by atoms with Gasteiger partial charge in [-0.1, -0.05) is 19.3 Å². The Balaban J connectivity index is 1.77. The van der Waals surface area contributed by atoms with Crippen LogP contribution < -0.4 is 5.32 Å². The molecule has 0 unspecified atom stereocenters. The van der Waals surface area contributed by atoms with Gasteiger partial charge in [0.2, 0.25) is 0 Å². The van der Waals surface area contributed by atoms with Crippen molar-refractivity contribution in [3.05, 3.63) is 11.8 Å². The molecule has 1 amide bonds. The summed E-state index contributed by atoms with van der Waals surface area (Å²) in [6.45, 7) is 4.67. The predicted octanol–water partition coefficient (Wildman–Crippen LogP) is 1.11. The highest BCUT2D eigenvalue weighted by atomic mass is 16.5. The van der Waals surface area contributed by atoms with Gasteiger partial charge in [0.25, 0.3) is 5.91 Å². The van der Waals surface area contributed by atoms with Crippen molar-refractivity contribution in [3.8, 4) is 6.07 Å². The molecule has 0 spiro atoms. The minimum absolute atomic E-state index is 0.194. The van der Waals surface area contributed by atoms with Crippen molar-refractivity contribution in [3.63, 3.8) is 0 Å². The maximum Gasteiger partial charge on any atom is 0.263 e. The fourth-order valence-electron chi connectivity index (χ4n) is 3.18. The third kappa shape index (κ3) is 5.85. The largest absolute Gasteiger partial charge is 0.379 e. The number of carbonyl (C=O) groups excluding carboxylic acids is 1. The van der Waals surface area contributed by atoms with Gasteiger partial charge in [-0.05, 0) is 12.8 Å². The number of nitrogens with one attached hydrogen (secondary N) is 1. The summed E-state index contributed by atoms with van der Waals surface area (Å²) in [5.74, 6) is -0.275. The number of hydrogen-bond donors (Lipinski definition) is 1. The van der Waals surface area contributed by atoms with E-state index >= 15 is 0 Å². The first-order chi connectivity index (χ1) is 11.2. The van der Waals surface area contributed by atoms with Gasteiger partial charge in [0.15, 0.2) is 0 Å². The predicted molar refractivity (Wildman–Crippen MR) is 88.6 cm³/mol. The summed E-state index contributed by atoms with van der Waals surface area (Å²) in [6.07, 6.45) is 7.75. The lowest BCUT2D eigenvalue weighted by molar-refractivity contribution is -0.117. The number of hydrogen-bond acceptors (Lipinski definition) is 5. The summed E-state index contributed by atoms with van der Waals surface area (Å²) in [6, 6.07) is 2.49.